The van der Waals surface area contributed by atoms with Crippen LogP contribution in [0, 0.1) is 0 Å². The highest BCUT2D eigenvalue weighted by atomic mass is 32.2. The molecule has 1 aromatic carbocycles. The van der Waals surface area contributed by atoms with Crippen LogP contribution in [0.1, 0.15) is 21.4 Å². The molecule has 2 aliphatic rings. The molecule has 1 saturated heterocycles. The van der Waals surface area contributed by atoms with Crippen molar-refractivity contribution in [2.24, 2.45) is 7.05 Å². The third kappa shape index (κ3) is 6.05. The van der Waals surface area contributed by atoms with Crippen LogP contribution in [0.2, 0.25) is 0 Å². The molecule has 20 heteroatoms. The van der Waals surface area contributed by atoms with E-state index in [1.807, 2.05) is 0 Å². The first-order chi connectivity index (χ1) is 20.9. The number of hydrogen-bond donors (Lipinski definition) is 2. The maximum Gasteiger partial charge on any atom is 0.352 e. The first kappa shape index (κ1) is 31.2. The molecule has 2 unspecified atom stereocenters. The number of aryl methyl sites for hydroxylation is 1. The van der Waals surface area contributed by atoms with Gasteiger partial charge in [-0.3, -0.25) is 14.5 Å². The number of esters is 1. The molecule has 17 nitrogen and oxygen atoms in total. The minimum atomic E-state index is -4.20. The summed E-state index contributed by atoms with van der Waals surface area (Å²) >= 11 is 2.20. The fourth-order valence-corrected chi connectivity index (χ4v) is 7.80. The first-order valence-corrected chi connectivity index (χ1v) is 16.3. The maximum atomic E-state index is 13.3. The van der Waals surface area contributed by atoms with E-state index in [4.69, 9.17) is 14.0 Å². The lowest BCUT2D eigenvalue weighted by Crippen LogP contribution is -2.71. The molecule has 44 heavy (non-hydrogen) atoms. The molecule has 2 N–H and O–H groups in total. The number of aromatic nitrogens is 5. The number of aliphatic carboxylic acids is 1. The van der Waals surface area contributed by atoms with Gasteiger partial charge in [-0.15, -0.1) is 16.9 Å². The number of fused-ring (bicyclic) bond motifs is 1. The topological polar surface area (TPSA) is 226 Å². The van der Waals surface area contributed by atoms with Crippen LogP contribution in [0.5, 0.6) is 5.88 Å². The van der Waals surface area contributed by atoms with Gasteiger partial charge in [0.25, 0.3) is 11.8 Å². The van der Waals surface area contributed by atoms with Crippen LogP contribution in [0.25, 0.3) is 0 Å². The predicted molar refractivity (Wildman–Crippen MR) is 151 cm³/mol. The number of methoxy groups -OCH3 is 1. The van der Waals surface area contributed by atoms with Crippen LogP contribution >= 0.6 is 23.5 Å². The quantitative estimate of drug-likeness (QED) is 0.119. The van der Waals surface area contributed by atoms with Gasteiger partial charge >= 0.3 is 11.9 Å². The number of nitrogens with one attached hydrogen (secondary N) is 1. The average molecular weight is 666 g/mol. The average Bonchev–Trinajstić information content (AvgIpc) is 3.61. The summed E-state index contributed by atoms with van der Waals surface area (Å²) in [5.41, 5.74) is -0.697. The Bertz CT molecular complexity index is 1760. The molecule has 0 bridgehead atoms. The van der Waals surface area contributed by atoms with Crippen molar-refractivity contribution < 1.29 is 46.7 Å². The number of nitrogens with zero attached hydrogens (tertiary/aromatic N) is 6. The monoisotopic (exact) mass is 665 g/mol. The number of benzene rings is 1. The first-order valence-electron chi connectivity index (χ1n) is 12.5. The van der Waals surface area contributed by atoms with E-state index >= 15 is 0 Å². The second-order valence-corrected chi connectivity index (χ2v) is 13.6. The van der Waals surface area contributed by atoms with E-state index < -0.39 is 61.5 Å². The van der Waals surface area contributed by atoms with E-state index in [1.54, 1.807) is 25.2 Å². The molecule has 4 heterocycles. The smallest absolute Gasteiger partial charge is 0.352 e. The zero-order valence-electron chi connectivity index (χ0n) is 23.0. The molecule has 2 aliphatic heterocycles. The largest absolute Gasteiger partial charge is 0.477 e. The third-order valence-electron chi connectivity index (χ3n) is 6.43. The minimum absolute atomic E-state index is 0.104. The van der Waals surface area contributed by atoms with Gasteiger partial charge in [-0.1, -0.05) is 18.2 Å². The molecule has 0 saturated carbocycles. The molecule has 2 aromatic heterocycles. The second kappa shape index (κ2) is 12.4. The number of β-lactam (4-membered cyclic amide) rings is 1. The lowest BCUT2D eigenvalue weighted by atomic mass is 10.0. The Morgan fingerprint density at radius 2 is 1.98 bits per heavy atom. The van der Waals surface area contributed by atoms with Crippen molar-refractivity contribution in [3.63, 3.8) is 0 Å². The normalized spacial score (nSPS) is 19.5. The summed E-state index contributed by atoms with van der Waals surface area (Å²) in [6.45, 7) is 0. The number of hydrogen-bond acceptors (Lipinski definition) is 15. The predicted octanol–water partition coefficient (Wildman–Crippen LogP) is 0.00640. The van der Waals surface area contributed by atoms with Gasteiger partial charge in [0.15, 0.2) is 20.8 Å². The molecular formula is C24H23N7O10S3. The standard InChI is InChI=1S/C24H23N7O10S3/c1-30-24(26-28-29-30)43-23(39-2)12-10-42-20-15(19(33)31(20)16(12)21(34)35)25-18(32)17(44(3,37)38)13-9-14(27-41-13)40-22(36)11-7-5-4-6-8-11/h4-9,15,17,20,23H,10H2,1-3H3,(H,25,32)(H,34,35)/t15-,17?,20+,23?/m1/s1. The van der Waals surface area contributed by atoms with Crippen molar-refractivity contribution in [1.82, 2.24) is 35.6 Å². The molecule has 0 aliphatic carbocycles. The number of carboxylic acids is 1. The number of tetrazole rings is 1. The lowest BCUT2D eigenvalue weighted by molar-refractivity contribution is -0.150. The van der Waals surface area contributed by atoms with Gasteiger partial charge in [0.2, 0.25) is 11.1 Å². The van der Waals surface area contributed by atoms with Crippen molar-refractivity contribution >= 4 is 57.1 Å². The fourth-order valence-electron chi connectivity index (χ4n) is 4.44. The molecular weight excluding hydrogens is 643 g/mol. The third-order valence-corrected chi connectivity index (χ3v) is 10.3. The van der Waals surface area contributed by atoms with Crippen molar-refractivity contribution in [1.29, 1.82) is 0 Å². The van der Waals surface area contributed by atoms with E-state index in [-0.39, 0.29) is 28.5 Å². The highest BCUT2D eigenvalue weighted by Crippen LogP contribution is 2.44. The Kier molecular flexibility index (Phi) is 8.77. The number of carboxylic acid groups (broad SMARTS) is 1. The van der Waals surface area contributed by atoms with Gasteiger partial charge in [0.1, 0.15) is 22.5 Å². The highest BCUT2D eigenvalue weighted by molar-refractivity contribution is 8.01. The number of thioether (sulfide) groups is 2. The van der Waals surface area contributed by atoms with Crippen LogP contribution in [-0.4, -0.2) is 104 Å². The summed E-state index contributed by atoms with van der Waals surface area (Å²) in [7, 11) is -1.23. The number of carbonyl (C=O) groups excluding carboxylic acids is 3. The summed E-state index contributed by atoms with van der Waals surface area (Å²) in [6.07, 6.45) is 0.784. The Morgan fingerprint density at radius 1 is 1.25 bits per heavy atom. The molecule has 232 valence electrons. The highest BCUT2D eigenvalue weighted by Gasteiger charge is 2.56. The van der Waals surface area contributed by atoms with Crippen molar-refractivity contribution in [2.75, 3.05) is 19.1 Å². The molecule has 0 radical (unpaired) electrons. The maximum absolute atomic E-state index is 13.3. The van der Waals surface area contributed by atoms with Crippen LogP contribution in [0.3, 0.4) is 0 Å². The van der Waals surface area contributed by atoms with Gasteiger partial charge in [0.05, 0.1) is 5.56 Å². The van der Waals surface area contributed by atoms with E-state index in [9.17, 15) is 32.7 Å². The van der Waals surface area contributed by atoms with Crippen LogP contribution < -0.4 is 10.1 Å². The van der Waals surface area contributed by atoms with Crippen LogP contribution in [0.15, 0.2) is 57.3 Å². The number of ether oxygens (including phenoxy) is 2. The Balaban J connectivity index is 1.33. The molecule has 3 aromatic rings. The molecule has 2 amide bonds. The summed E-state index contributed by atoms with van der Waals surface area (Å²) in [5.74, 6) is -4.79. The number of sulfone groups is 1. The van der Waals surface area contributed by atoms with Crippen LogP contribution in [0.4, 0.5) is 0 Å². The van der Waals surface area contributed by atoms with Gasteiger partial charge in [0, 0.05) is 37.8 Å². The molecule has 4 atom stereocenters. The van der Waals surface area contributed by atoms with Crippen LogP contribution in [-0.2, 0) is 36.0 Å². The molecule has 1 fully saturated rings. The summed E-state index contributed by atoms with van der Waals surface area (Å²) in [6, 6.07) is 7.66. The second-order valence-electron chi connectivity index (χ2n) is 9.38. The summed E-state index contributed by atoms with van der Waals surface area (Å²) in [4.78, 5) is 52.2. The van der Waals surface area contributed by atoms with Gasteiger partial charge in [-0.2, -0.15) is 0 Å². The SMILES string of the molecule is COC(Sc1nnnn1C)C1=C(C(=O)O)N2C(=O)[C@@H](NC(=O)C(c3cc(OC(=O)c4ccccc4)no3)S(C)(=O)=O)[C@@H]2SC1. The van der Waals surface area contributed by atoms with Gasteiger partial charge in [-0.05, 0) is 39.5 Å². The van der Waals surface area contributed by atoms with Gasteiger partial charge < -0.3 is 24.4 Å². The Labute approximate surface area is 257 Å². The van der Waals surface area contributed by atoms with E-state index in [0.717, 1.165) is 40.7 Å². The Morgan fingerprint density at radius 3 is 2.59 bits per heavy atom. The van der Waals surface area contributed by atoms with E-state index in [0.29, 0.717) is 5.16 Å². The number of rotatable bonds is 11. The van der Waals surface area contributed by atoms with E-state index in [2.05, 4.69) is 26.0 Å². The van der Waals surface area contributed by atoms with E-state index in [1.165, 1.54) is 23.9 Å². The molecule has 0 spiro atoms. The van der Waals surface area contributed by atoms with Gasteiger partial charge in [-0.25, -0.2) is 22.7 Å². The Hall–Kier alpha value is -4.27. The number of carbonyl (C=O) groups is 4. The van der Waals surface area contributed by atoms with Crippen molar-refractivity contribution in [3.8, 4) is 5.88 Å². The fraction of sp³-hybridized carbons (Fsp3) is 0.333. The zero-order chi connectivity index (χ0) is 31.8. The summed E-state index contributed by atoms with van der Waals surface area (Å²) < 4.78 is 42.3. The minimum Gasteiger partial charge on any atom is -0.477 e. The number of amides is 2. The zero-order valence-corrected chi connectivity index (χ0v) is 25.5. The lowest BCUT2D eigenvalue weighted by Gasteiger charge is -2.50. The summed E-state index contributed by atoms with van der Waals surface area (Å²) in [5, 5.41) is 24.7. The molecule has 5 rings (SSSR count). The van der Waals surface area contributed by atoms with Crippen molar-refractivity contribution in [3.05, 3.63) is 59.0 Å². The van der Waals surface area contributed by atoms with Crippen molar-refractivity contribution in [2.45, 2.75) is 27.3 Å².